The zero-order valence-electron chi connectivity index (χ0n) is 12.6. The van der Waals surface area contributed by atoms with E-state index in [1.165, 1.54) is 0 Å². The Labute approximate surface area is 120 Å². The largest absolute Gasteiger partial charge is 0.481 e. The number of nitrogens with one attached hydrogen (secondary N) is 1. The van der Waals surface area contributed by atoms with Crippen molar-refractivity contribution in [1.82, 2.24) is 10.2 Å². The molecule has 0 aromatic carbocycles. The Kier molecular flexibility index (Phi) is 4.55. The molecule has 2 aliphatic carbocycles. The minimum absolute atomic E-state index is 0.130. The zero-order valence-corrected chi connectivity index (χ0v) is 12.6. The Bertz CT molecular complexity index is 383. The number of amides is 2. The number of nitrogens with zero attached hydrogens (tertiary/aromatic N) is 1. The SMILES string of the molecule is CC(C)CCN(C)C(=O)NC1C2CCC(C2)C1C(=O)O. The first-order valence-corrected chi connectivity index (χ1v) is 7.64. The molecule has 5 heteroatoms. The van der Waals surface area contributed by atoms with Gasteiger partial charge in [-0.15, -0.1) is 0 Å². The lowest BCUT2D eigenvalue weighted by Gasteiger charge is -2.30. The molecule has 2 amide bonds. The standard InChI is InChI=1S/C15H26N2O3/c1-9(2)6-7-17(3)15(20)16-13-11-5-4-10(8-11)12(13)14(18)19/h9-13H,4-8H2,1-3H3,(H,16,20)(H,18,19). The third-order valence-corrected chi connectivity index (χ3v) is 4.88. The second-order valence-corrected chi connectivity index (χ2v) is 6.78. The van der Waals surface area contributed by atoms with E-state index in [9.17, 15) is 14.7 Å². The molecule has 0 radical (unpaired) electrons. The van der Waals surface area contributed by atoms with Gasteiger partial charge in [-0.1, -0.05) is 13.8 Å². The fourth-order valence-corrected chi connectivity index (χ4v) is 3.66. The molecular weight excluding hydrogens is 256 g/mol. The predicted molar refractivity (Wildman–Crippen MR) is 76.4 cm³/mol. The van der Waals surface area contributed by atoms with Crippen LogP contribution in [0.1, 0.15) is 39.5 Å². The molecule has 20 heavy (non-hydrogen) atoms. The molecule has 0 aromatic rings. The molecule has 114 valence electrons. The maximum absolute atomic E-state index is 12.2. The summed E-state index contributed by atoms with van der Waals surface area (Å²) in [6.45, 7) is 4.96. The van der Waals surface area contributed by atoms with Crippen molar-refractivity contribution in [3.63, 3.8) is 0 Å². The van der Waals surface area contributed by atoms with Crippen LogP contribution in [0.2, 0.25) is 0 Å². The smallest absolute Gasteiger partial charge is 0.317 e. The molecule has 0 saturated heterocycles. The number of rotatable bonds is 5. The average Bonchev–Trinajstić information content (AvgIpc) is 2.96. The fourth-order valence-electron chi connectivity index (χ4n) is 3.66. The maximum atomic E-state index is 12.2. The highest BCUT2D eigenvalue weighted by molar-refractivity contribution is 5.77. The number of hydrogen-bond donors (Lipinski definition) is 2. The number of carbonyl (C=O) groups excluding carboxylic acids is 1. The van der Waals surface area contributed by atoms with Gasteiger partial charge in [0.1, 0.15) is 0 Å². The molecule has 0 aromatic heterocycles. The Hall–Kier alpha value is -1.26. The first kappa shape index (κ1) is 15.1. The van der Waals surface area contributed by atoms with Crippen LogP contribution in [0.5, 0.6) is 0 Å². The second kappa shape index (κ2) is 6.02. The molecule has 4 unspecified atom stereocenters. The summed E-state index contributed by atoms with van der Waals surface area (Å²) in [7, 11) is 1.78. The Morgan fingerprint density at radius 1 is 1.30 bits per heavy atom. The van der Waals surface area contributed by atoms with Gasteiger partial charge in [0.25, 0.3) is 0 Å². The van der Waals surface area contributed by atoms with E-state index in [1.54, 1.807) is 11.9 Å². The molecular formula is C15H26N2O3. The van der Waals surface area contributed by atoms with Crippen molar-refractivity contribution in [2.24, 2.45) is 23.7 Å². The highest BCUT2D eigenvalue weighted by atomic mass is 16.4. The first-order valence-electron chi connectivity index (χ1n) is 7.64. The Morgan fingerprint density at radius 2 is 1.95 bits per heavy atom. The summed E-state index contributed by atoms with van der Waals surface area (Å²) in [5.41, 5.74) is 0. The van der Waals surface area contributed by atoms with Gasteiger partial charge in [0.15, 0.2) is 0 Å². The minimum Gasteiger partial charge on any atom is -0.481 e. The number of fused-ring (bicyclic) bond motifs is 2. The summed E-state index contributed by atoms with van der Waals surface area (Å²) in [4.78, 5) is 25.3. The maximum Gasteiger partial charge on any atom is 0.317 e. The van der Waals surface area contributed by atoms with Gasteiger partial charge in [0, 0.05) is 19.6 Å². The van der Waals surface area contributed by atoms with Crippen molar-refractivity contribution < 1.29 is 14.7 Å². The van der Waals surface area contributed by atoms with E-state index < -0.39 is 11.9 Å². The van der Waals surface area contributed by atoms with E-state index in [-0.39, 0.29) is 18.0 Å². The molecule has 2 N–H and O–H groups in total. The molecule has 0 spiro atoms. The van der Waals surface area contributed by atoms with Crippen LogP contribution in [0, 0.1) is 23.7 Å². The summed E-state index contributed by atoms with van der Waals surface area (Å²) >= 11 is 0. The van der Waals surface area contributed by atoms with E-state index in [0.717, 1.165) is 25.7 Å². The number of carboxylic acids is 1. The third kappa shape index (κ3) is 3.07. The number of hydrogen-bond acceptors (Lipinski definition) is 2. The number of urea groups is 1. The van der Waals surface area contributed by atoms with Crippen LogP contribution in [0.15, 0.2) is 0 Å². The molecule has 5 nitrogen and oxygen atoms in total. The van der Waals surface area contributed by atoms with E-state index in [4.69, 9.17) is 0 Å². The van der Waals surface area contributed by atoms with Crippen LogP contribution in [-0.2, 0) is 4.79 Å². The van der Waals surface area contributed by atoms with Crippen molar-refractivity contribution >= 4 is 12.0 Å². The first-order chi connectivity index (χ1) is 9.40. The van der Waals surface area contributed by atoms with Crippen LogP contribution in [-0.4, -0.2) is 41.6 Å². The predicted octanol–water partition coefficient (Wildman–Crippen LogP) is 2.17. The molecule has 2 aliphatic rings. The summed E-state index contributed by atoms with van der Waals surface area (Å²) in [5, 5.41) is 12.3. The van der Waals surface area contributed by atoms with Crippen LogP contribution in [0.3, 0.4) is 0 Å². The van der Waals surface area contributed by atoms with Gasteiger partial charge in [-0.05, 0) is 43.4 Å². The highest BCUT2D eigenvalue weighted by Gasteiger charge is 2.51. The molecule has 0 aliphatic heterocycles. The Morgan fingerprint density at radius 3 is 2.55 bits per heavy atom. The normalized spacial score (nSPS) is 31.6. The molecule has 0 heterocycles. The van der Waals surface area contributed by atoms with Crippen LogP contribution in [0.4, 0.5) is 4.79 Å². The number of aliphatic carboxylic acids is 1. The zero-order chi connectivity index (χ0) is 14.9. The van der Waals surface area contributed by atoms with Crippen LogP contribution >= 0.6 is 0 Å². The van der Waals surface area contributed by atoms with Gasteiger partial charge in [-0.3, -0.25) is 4.79 Å². The van der Waals surface area contributed by atoms with Crippen molar-refractivity contribution in [2.45, 2.75) is 45.6 Å². The van der Waals surface area contributed by atoms with Crippen molar-refractivity contribution in [3.05, 3.63) is 0 Å². The average molecular weight is 282 g/mol. The summed E-state index contributed by atoms with van der Waals surface area (Å²) in [6, 6.07) is -0.310. The van der Waals surface area contributed by atoms with Crippen LogP contribution in [0.25, 0.3) is 0 Å². The third-order valence-electron chi connectivity index (χ3n) is 4.88. The topological polar surface area (TPSA) is 69.6 Å². The monoisotopic (exact) mass is 282 g/mol. The molecule has 2 bridgehead atoms. The summed E-state index contributed by atoms with van der Waals surface area (Å²) in [6.07, 6.45) is 3.97. The molecule has 2 fully saturated rings. The second-order valence-electron chi connectivity index (χ2n) is 6.78. The molecule has 4 atom stereocenters. The van der Waals surface area contributed by atoms with Gasteiger partial charge in [-0.2, -0.15) is 0 Å². The molecule has 2 saturated carbocycles. The van der Waals surface area contributed by atoms with Crippen molar-refractivity contribution in [2.75, 3.05) is 13.6 Å². The van der Waals surface area contributed by atoms with E-state index in [2.05, 4.69) is 19.2 Å². The van der Waals surface area contributed by atoms with E-state index >= 15 is 0 Å². The lowest BCUT2D eigenvalue weighted by molar-refractivity contribution is -0.144. The quantitative estimate of drug-likeness (QED) is 0.812. The fraction of sp³-hybridized carbons (Fsp3) is 0.867. The van der Waals surface area contributed by atoms with Crippen molar-refractivity contribution in [3.8, 4) is 0 Å². The highest BCUT2D eigenvalue weighted by Crippen LogP contribution is 2.48. The lowest BCUT2D eigenvalue weighted by Crippen LogP contribution is -2.50. The number of carboxylic acid groups (broad SMARTS) is 1. The van der Waals surface area contributed by atoms with Gasteiger partial charge in [0.2, 0.25) is 0 Å². The van der Waals surface area contributed by atoms with E-state index in [0.29, 0.717) is 18.4 Å². The summed E-state index contributed by atoms with van der Waals surface area (Å²) < 4.78 is 0. The van der Waals surface area contributed by atoms with Crippen LogP contribution < -0.4 is 5.32 Å². The minimum atomic E-state index is -0.757. The summed E-state index contributed by atoms with van der Waals surface area (Å²) in [5.74, 6) is 0.00959. The van der Waals surface area contributed by atoms with Gasteiger partial charge >= 0.3 is 12.0 Å². The lowest BCUT2D eigenvalue weighted by atomic mass is 9.84. The van der Waals surface area contributed by atoms with Gasteiger partial charge in [-0.25, -0.2) is 4.79 Å². The Balaban J connectivity index is 1.91. The van der Waals surface area contributed by atoms with Crippen molar-refractivity contribution in [1.29, 1.82) is 0 Å². The number of carbonyl (C=O) groups is 2. The van der Waals surface area contributed by atoms with Gasteiger partial charge in [0.05, 0.1) is 5.92 Å². The van der Waals surface area contributed by atoms with E-state index in [1.807, 2.05) is 0 Å². The van der Waals surface area contributed by atoms with Gasteiger partial charge < -0.3 is 15.3 Å². The molecule has 2 rings (SSSR count).